The van der Waals surface area contributed by atoms with E-state index in [-0.39, 0.29) is 11.6 Å². The van der Waals surface area contributed by atoms with Gasteiger partial charge in [-0.15, -0.1) is 13.2 Å². The molecule has 0 unspecified atom stereocenters. The van der Waals surface area contributed by atoms with Gasteiger partial charge in [-0.2, -0.15) is 0 Å². The van der Waals surface area contributed by atoms with Gasteiger partial charge in [0.1, 0.15) is 11.6 Å². The number of alkyl halides is 3. The van der Waals surface area contributed by atoms with Crippen LogP contribution >= 0.6 is 0 Å². The number of benzene rings is 2. The summed E-state index contributed by atoms with van der Waals surface area (Å²) in [4.78, 5) is 3.90. The van der Waals surface area contributed by atoms with E-state index in [0.29, 0.717) is 30.9 Å². The molecule has 1 heterocycles. The molecule has 0 atom stereocenters. The number of rotatable bonds is 2. The van der Waals surface area contributed by atoms with Crippen LogP contribution in [-0.4, -0.2) is 31.4 Å². The minimum Gasteiger partial charge on any atom is -0.406 e. The van der Waals surface area contributed by atoms with Gasteiger partial charge in [0.25, 0.3) is 0 Å². The van der Waals surface area contributed by atoms with E-state index in [1.807, 2.05) is 16.8 Å². The Morgan fingerprint density at radius 1 is 1.04 bits per heavy atom. The average molecular weight is 340 g/mol. The maximum absolute atomic E-state index is 13.5. The van der Waals surface area contributed by atoms with Gasteiger partial charge in [0.05, 0.1) is 0 Å². The van der Waals surface area contributed by atoms with Crippen molar-refractivity contribution >= 4 is 11.4 Å². The second kappa shape index (κ2) is 6.32. The van der Waals surface area contributed by atoms with E-state index in [2.05, 4.69) is 4.74 Å². The first-order valence-electron chi connectivity index (χ1n) is 7.42. The second-order valence-corrected chi connectivity index (χ2v) is 5.71. The molecule has 0 radical (unpaired) electrons. The number of nitrogens with zero attached hydrogens (tertiary/aromatic N) is 2. The summed E-state index contributed by atoms with van der Waals surface area (Å²) in [6.45, 7) is 1.78. The van der Waals surface area contributed by atoms with Gasteiger partial charge in [-0.1, -0.05) is 6.07 Å². The summed E-state index contributed by atoms with van der Waals surface area (Å²) in [6.07, 6.45) is -4.73. The largest absolute Gasteiger partial charge is 0.573 e. The van der Waals surface area contributed by atoms with Crippen molar-refractivity contribution in [3.05, 3.63) is 53.8 Å². The van der Waals surface area contributed by atoms with Crippen LogP contribution in [0.15, 0.2) is 42.5 Å². The van der Waals surface area contributed by atoms with E-state index >= 15 is 0 Å². The van der Waals surface area contributed by atoms with Crippen LogP contribution in [0.2, 0.25) is 0 Å². The third-order valence-electron chi connectivity index (χ3n) is 3.84. The molecule has 0 saturated carbocycles. The van der Waals surface area contributed by atoms with E-state index in [9.17, 15) is 17.6 Å². The fraction of sp³-hybridized carbons (Fsp3) is 0.294. The van der Waals surface area contributed by atoms with Crippen LogP contribution in [0.5, 0.6) is 5.75 Å². The highest BCUT2D eigenvalue weighted by atomic mass is 19.4. The molecule has 3 rings (SSSR count). The molecule has 0 bridgehead atoms. The SMILES string of the molecule is CN1CCN(c2cccc(F)c2)c2ccc(OC(F)(F)F)cc2C1. The summed E-state index contributed by atoms with van der Waals surface area (Å²) >= 11 is 0. The molecular formula is C17H16F4N2O. The van der Waals surface area contributed by atoms with Crippen LogP contribution in [0.25, 0.3) is 0 Å². The van der Waals surface area contributed by atoms with Crippen molar-refractivity contribution < 1.29 is 22.3 Å². The number of hydrogen-bond donors (Lipinski definition) is 0. The zero-order valence-electron chi connectivity index (χ0n) is 13.0. The molecule has 128 valence electrons. The van der Waals surface area contributed by atoms with Crippen molar-refractivity contribution in [1.82, 2.24) is 4.90 Å². The first-order chi connectivity index (χ1) is 11.3. The molecule has 1 aliphatic heterocycles. The lowest BCUT2D eigenvalue weighted by atomic mass is 10.1. The Kier molecular flexibility index (Phi) is 4.36. The lowest BCUT2D eigenvalue weighted by molar-refractivity contribution is -0.274. The van der Waals surface area contributed by atoms with Gasteiger partial charge in [-0.25, -0.2) is 4.39 Å². The minimum absolute atomic E-state index is 0.254. The summed E-state index contributed by atoms with van der Waals surface area (Å²) < 4.78 is 54.8. The summed E-state index contributed by atoms with van der Waals surface area (Å²) in [5.41, 5.74) is 2.11. The Labute approximate surface area is 137 Å². The molecule has 1 aliphatic rings. The first-order valence-corrected chi connectivity index (χ1v) is 7.42. The Morgan fingerprint density at radius 2 is 1.83 bits per heavy atom. The van der Waals surface area contributed by atoms with Gasteiger partial charge in [0.2, 0.25) is 0 Å². The summed E-state index contributed by atoms with van der Waals surface area (Å²) in [5.74, 6) is -0.612. The maximum Gasteiger partial charge on any atom is 0.573 e. The van der Waals surface area contributed by atoms with Crippen molar-refractivity contribution in [2.75, 3.05) is 25.0 Å². The number of hydrogen-bond acceptors (Lipinski definition) is 3. The predicted octanol–water partition coefficient (Wildman–Crippen LogP) is 4.31. The third kappa shape index (κ3) is 3.79. The van der Waals surface area contributed by atoms with Crippen LogP contribution in [0.3, 0.4) is 0 Å². The van der Waals surface area contributed by atoms with Crippen molar-refractivity contribution in [3.8, 4) is 5.75 Å². The molecular weight excluding hydrogens is 324 g/mol. The van der Waals surface area contributed by atoms with Crippen molar-refractivity contribution in [2.24, 2.45) is 0 Å². The summed E-state index contributed by atoms with van der Waals surface area (Å²) in [7, 11) is 1.89. The van der Waals surface area contributed by atoms with Gasteiger partial charge in [-0.3, -0.25) is 0 Å². The third-order valence-corrected chi connectivity index (χ3v) is 3.84. The van der Waals surface area contributed by atoms with Crippen LogP contribution in [0, 0.1) is 5.82 Å². The molecule has 0 saturated heterocycles. The summed E-state index contributed by atoms with van der Waals surface area (Å²) in [5, 5.41) is 0. The van der Waals surface area contributed by atoms with E-state index in [1.54, 1.807) is 18.2 Å². The number of likely N-dealkylation sites (N-methyl/N-ethyl adjacent to an activating group) is 1. The Morgan fingerprint density at radius 3 is 2.54 bits per heavy atom. The molecule has 2 aromatic carbocycles. The molecule has 0 aliphatic carbocycles. The van der Waals surface area contributed by atoms with E-state index in [0.717, 1.165) is 5.69 Å². The predicted molar refractivity (Wildman–Crippen MR) is 82.9 cm³/mol. The van der Waals surface area contributed by atoms with Crippen LogP contribution < -0.4 is 9.64 Å². The smallest absolute Gasteiger partial charge is 0.406 e. The van der Waals surface area contributed by atoms with E-state index < -0.39 is 6.36 Å². The Balaban J connectivity index is 2.01. The van der Waals surface area contributed by atoms with E-state index in [4.69, 9.17) is 0 Å². The van der Waals surface area contributed by atoms with Crippen LogP contribution in [-0.2, 0) is 6.54 Å². The van der Waals surface area contributed by atoms with Crippen molar-refractivity contribution in [2.45, 2.75) is 12.9 Å². The molecule has 0 N–H and O–H groups in total. The minimum atomic E-state index is -4.73. The lowest BCUT2D eigenvalue weighted by Gasteiger charge is -2.25. The van der Waals surface area contributed by atoms with Gasteiger partial charge in [0.15, 0.2) is 0 Å². The van der Waals surface area contributed by atoms with Gasteiger partial charge in [-0.05, 0) is 49.0 Å². The van der Waals surface area contributed by atoms with Gasteiger partial charge >= 0.3 is 6.36 Å². The molecule has 24 heavy (non-hydrogen) atoms. The number of ether oxygens (including phenoxy) is 1. The second-order valence-electron chi connectivity index (χ2n) is 5.71. The number of halogens is 4. The highest BCUT2D eigenvalue weighted by molar-refractivity contribution is 5.68. The van der Waals surface area contributed by atoms with Crippen LogP contribution in [0.1, 0.15) is 5.56 Å². The molecule has 0 fully saturated rings. The maximum atomic E-state index is 13.5. The highest BCUT2D eigenvalue weighted by Crippen LogP contribution is 2.35. The van der Waals surface area contributed by atoms with Crippen molar-refractivity contribution in [1.29, 1.82) is 0 Å². The zero-order valence-corrected chi connectivity index (χ0v) is 13.0. The molecule has 0 spiro atoms. The topological polar surface area (TPSA) is 15.7 Å². The highest BCUT2D eigenvalue weighted by Gasteiger charge is 2.31. The standard InChI is InChI=1S/C17H16F4N2O/c1-22-7-8-23(14-4-2-3-13(18)10-14)16-6-5-15(9-12(16)11-22)24-17(19,20)21/h2-6,9-10H,7-8,11H2,1H3. The van der Waals surface area contributed by atoms with Crippen LogP contribution in [0.4, 0.5) is 28.9 Å². The monoisotopic (exact) mass is 340 g/mol. The molecule has 0 aromatic heterocycles. The van der Waals surface area contributed by atoms with E-state index in [1.165, 1.54) is 24.3 Å². The Bertz CT molecular complexity index is 733. The summed E-state index contributed by atoms with van der Waals surface area (Å²) in [6, 6.07) is 10.4. The Hall–Kier alpha value is -2.28. The molecule has 0 amide bonds. The fourth-order valence-corrected chi connectivity index (χ4v) is 2.82. The first kappa shape index (κ1) is 16.6. The molecule has 3 nitrogen and oxygen atoms in total. The molecule has 2 aromatic rings. The normalized spacial score (nSPS) is 15.8. The zero-order chi connectivity index (χ0) is 17.3. The van der Waals surface area contributed by atoms with Crippen molar-refractivity contribution in [3.63, 3.8) is 0 Å². The number of fused-ring (bicyclic) bond motifs is 1. The fourth-order valence-electron chi connectivity index (χ4n) is 2.82. The van der Waals surface area contributed by atoms with Gasteiger partial charge < -0.3 is 14.5 Å². The quantitative estimate of drug-likeness (QED) is 0.758. The average Bonchev–Trinajstić information content (AvgIpc) is 2.63. The molecule has 7 heteroatoms. The lowest BCUT2D eigenvalue weighted by Crippen LogP contribution is -2.26. The van der Waals surface area contributed by atoms with Gasteiger partial charge in [0, 0.05) is 31.0 Å². The number of anilines is 2.